The fourth-order valence-corrected chi connectivity index (χ4v) is 9.10. The molecular formula is C47H28N2OS. The van der Waals surface area contributed by atoms with Gasteiger partial charge in [0.05, 0.1) is 27.8 Å². The Balaban J connectivity index is 1.08. The van der Waals surface area contributed by atoms with Gasteiger partial charge < -0.3 is 8.98 Å². The summed E-state index contributed by atoms with van der Waals surface area (Å²) in [5.74, 6) is 0. The second-order valence-electron chi connectivity index (χ2n) is 13.1. The van der Waals surface area contributed by atoms with Gasteiger partial charge in [0.25, 0.3) is 0 Å². The van der Waals surface area contributed by atoms with Crippen LogP contribution < -0.4 is 0 Å². The molecule has 0 aliphatic carbocycles. The van der Waals surface area contributed by atoms with Crippen molar-refractivity contribution in [3.8, 4) is 39.3 Å². The predicted octanol–water partition coefficient (Wildman–Crippen LogP) is 13.4. The van der Waals surface area contributed by atoms with Gasteiger partial charge in [0, 0.05) is 53.1 Å². The summed E-state index contributed by atoms with van der Waals surface area (Å²) in [5, 5.41) is 7.20. The molecule has 4 heterocycles. The zero-order valence-corrected chi connectivity index (χ0v) is 28.2. The second kappa shape index (κ2) is 11.0. The Morgan fingerprint density at radius 2 is 1.16 bits per heavy atom. The molecule has 0 bridgehead atoms. The normalized spacial score (nSPS) is 11.9. The highest BCUT2D eigenvalue weighted by Gasteiger charge is 2.19. The van der Waals surface area contributed by atoms with Gasteiger partial charge in [-0.15, -0.1) is 11.3 Å². The first-order chi connectivity index (χ1) is 25.3. The molecule has 0 fully saturated rings. The van der Waals surface area contributed by atoms with Crippen molar-refractivity contribution in [3.63, 3.8) is 0 Å². The number of benzene rings is 7. The second-order valence-corrected chi connectivity index (χ2v) is 14.2. The van der Waals surface area contributed by atoms with E-state index in [0.717, 1.165) is 72.1 Å². The summed E-state index contributed by atoms with van der Waals surface area (Å²) in [5.41, 5.74) is 11.7. The molecule has 11 rings (SSSR count). The molecule has 4 aromatic heterocycles. The van der Waals surface area contributed by atoms with Crippen LogP contribution in [-0.2, 0) is 0 Å². The standard InChI is InChI=1S/C47H28N2OS/c1-2-11-29(12-3-1)39-27-31(33-16-10-17-37-35-14-6-9-20-44(35)51-47(33)37)28-40(48-39)30-21-23-32(24-22-30)49-41-18-7-4-15-38(41)45-42(49)26-25-36-34-13-5-8-19-43(34)50-46(36)45/h1-28H. The molecule has 0 spiro atoms. The molecule has 0 saturated carbocycles. The number of nitrogens with zero attached hydrogens (tertiary/aromatic N) is 2. The van der Waals surface area contributed by atoms with Crippen molar-refractivity contribution in [2.24, 2.45) is 0 Å². The average molecular weight is 669 g/mol. The number of fused-ring (bicyclic) bond motifs is 10. The highest BCUT2D eigenvalue weighted by atomic mass is 32.1. The van der Waals surface area contributed by atoms with Gasteiger partial charge in [-0.25, -0.2) is 4.98 Å². The summed E-state index contributed by atoms with van der Waals surface area (Å²) < 4.78 is 11.5. The van der Waals surface area contributed by atoms with Crippen LogP contribution in [0.25, 0.3) is 103 Å². The SMILES string of the molecule is c1ccc(-c2cc(-c3cccc4c3sc3ccccc34)cc(-c3ccc(-n4c5ccccc5c5c6oc7ccccc7c6ccc54)cc3)n2)cc1. The number of thiophene rings is 1. The molecule has 7 aromatic carbocycles. The minimum Gasteiger partial charge on any atom is -0.455 e. The third-order valence-electron chi connectivity index (χ3n) is 10.2. The molecule has 0 aliphatic rings. The van der Waals surface area contributed by atoms with E-state index in [2.05, 4.69) is 162 Å². The molecule has 238 valence electrons. The van der Waals surface area contributed by atoms with Crippen molar-refractivity contribution in [2.75, 3.05) is 0 Å². The van der Waals surface area contributed by atoms with Crippen LogP contribution in [0.4, 0.5) is 0 Å². The monoisotopic (exact) mass is 668 g/mol. The molecule has 4 heteroatoms. The molecule has 3 nitrogen and oxygen atoms in total. The number of aromatic nitrogens is 2. The summed E-state index contributed by atoms with van der Waals surface area (Å²) >= 11 is 1.86. The maximum Gasteiger partial charge on any atom is 0.145 e. The highest BCUT2D eigenvalue weighted by Crippen LogP contribution is 2.43. The largest absolute Gasteiger partial charge is 0.455 e. The molecule has 0 N–H and O–H groups in total. The van der Waals surface area contributed by atoms with E-state index in [0.29, 0.717) is 0 Å². The van der Waals surface area contributed by atoms with Crippen LogP contribution >= 0.6 is 11.3 Å². The van der Waals surface area contributed by atoms with E-state index >= 15 is 0 Å². The fourth-order valence-electron chi connectivity index (χ4n) is 7.86. The molecular weight excluding hydrogens is 641 g/mol. The van der Waals surface area contributed by atoms with Crippen LogP contribution in [0.1, 0.15) is 0 Å². The van der Waals surface area contributed by atoms with Crippen LogP contribution in [0.5, 0.6) is 0 Å². The summed E-state index contributed by atoms with van der Waals surface area (Å²) in [6, 6.07) is 60.5. The quantitative estimate of drug-likeness (QED) is 0.187. The first kappa shape index (κ1) is 28.4. The van der Waals surface area contributed by atoms with Crippen molar-refractivity contribution < 1.29 is 4.42 Å². The van der Waals surface area contributed by atoms with Gasteiger partial charge >= 0.3 is 0 Å². The zero-order chi connectivity index (χ0) is 33.5. The van der Waals surface area contributed by atoms with Crippen molar-refractivity contribution in [1.82, 2.24) is 9.55 Å². The number of rotatable bonds is 4. The highest BCUT2D eigenvalue weighted by molar-refractivity contribution is 7.26. The molecule has 0 atom stereocenters. The molecule has 11 aromatic rings. The van der Waals surface area contributed by atoms with E-state index in [4.69, 9.17) is 9.40 Å². The van der Waals surface area contributed by atoms with Crippen LogP contribution in [0.15, 0.2) is 174 Å². The van der Waals surface area contributed by atoms with Crippen molar-refractivity contribution in [1.29, 1.82) is 0 Å². The molecule has 0 radical (unpaired) electrons. The van der Waals surface area contributed by atoms with Crippen LogP contribution in [0, 0.1) is 0 Å². The minimum absolute atomic E-state index is 0.911. The number of furan rings is 1. The lowest BCUT2D eigenvalue weighted by molar-refractivity contribution is 0.673. The van der Waals surface area contributed by atoms with Crippen LogP contribution in [0.3, 0.4) is 0 Å². The van der Waals surface area contributed by atoms with Crippen molar-refractivity contribution in [2.45, 2.75) is 0 Å². The number of hydrogen-bond donors (Lipinski definition) is 0. The maximum atomic E-state index is 6.52. The third kappa shape index (κ3) is 4.33. The Kier molecular flexibility index (Phi) is 6.12. The van der Waals surface area contributed by atoms with E-state index in [1.165, 1.54) is 31.1 Å². The number of pyridine rings is 1. The summed E-state index contributed by atoms with van der Waals surface area (Å²) in [7, 11) is 0. The molecule has 0 amide bonds. The van der Waals surface area contributed by atoms with Crippen LogP contribution in [-0.4, -0.2) is 9.55 Å². The fraction of sp³-hybridized carbons (Fsp3) is 0. The van der Waals surface area contributed by atoms with Gasteiger partial charge in [0.1, 0.15) is 11.2 Å². The molecule has 51 heavy (non-hydrogen) atoms. The smallest absolute Gasteiger partial charge is 0.145 e. The predicted molar refractivity (Wildman–Crippen MR) is 215 cm³/mol. The van der Waals surface area contributed by atoms with Crippen molar-refractivity contribution >= 4 is 75.3 Å². The van der Waals surface area contributed by atoms with Gasteiger partial charge in [0.15, 0.2) is 0 Å². The van der Waals surface area contributed by atoms with Crippen molar-refractivity contribution in [3.05, 3.63) is 170 Å². The Hall–Kier alpha value is -6.49. The molecule has 0 saturated heterocycles. The molecule has 0 aliphatic heterocycles. The third-order valence-corrected chi connectivity index (χ3v) is 11.4. The zero-order valence-electron chi connectivity index (χ0n) is 27.4. The maximum absolute atomic E-state index is 6.52. The van der Waals surface area contributed by atoms with E-state index < -0.39 is 0 Å². The van der Waals surface area contributed by atoms with E-state index in [1.807, 2.05) is 23.5 Å². The lowest BCUT2D eigenvalue weighted by Gasteiger charge is -2.12. The Morgan fingerprint density at radius 3 is 2.00 bits per heavy atom. The first-order valence-corrected chi connectivity index (χ1v) is 18.0. The topological polar surface area (TPSA) is 31.0 Å². The van der Waals surface area contributed by atoms with Gasteiger partial charge in [-0.05, 0) is 65.7 Å². The summed E-state index contributed by atoms with van der Waals surface area (Å²) in [6.07, 6.45) is 0. The Labute approximate surface area is 297 Å². The summed E-state index contributed by atoms with van der Waals surface area (Å²) in [6.45, 7) is 0. The van der Waals surface area contributed by atoms with E-state index in [-0.39, 0.29) is 0 Å². The average Bonchev–Trinajstić information content (AvgIpc) is 3.88. The van der Waals surface area contributed by atoms with Crippen LogP contribution in [0.2, 0.25) is 0 Å². The lowest BCUT2D eigenvalue weighted by atomic mass is 9.98. The van der Waals surface area contributed by atoms with Gasteiger partial charge in [-0.2, -0.15) is 0 Å². The van der Waals surface area contributed by atoms with Gasteiger partial charge in [-0.1, -0.05) is 115 Å². The minimum atomic E-state index is 0.911. The molecule has 0 unspecified atom stereocenters. The van der Waals surface area contributed by atoms with E-state index in [9.17, 15) is 0 Å². The lowest BCUT2D eigenvalue weighted by Crippen LogP contribution is -1.95. The number of para-hydroxylation sites is 2. The van der Waals surface area contributed by atoms with E-state index in [1.54, 1.807) is 0 Å². The van der Waals surface area contributed by atoms with Gasteiger partial charge in [-0.3, -0.25) is 0 Å². The number of hydrogen-bond acceptors (Lipinski definition) is 3. The Bertz CT molecular complexity index is 3130. The summed E-state index contributed by atoms with van der Waals surface area (Å²) in [4.78, 5) is 5.25. The first-order valence-electron chi connectivity index (χ1n) is 17.2. The van der Waals surface area contributed by atoms with Gasteiger partial charge in [0.2, 0.25) is 0 Å². The Morgan fingerprint density at radius 1 is 0.471 bits per heavy atom.